The molecule has 0 spiro atoms. The van der Waals surface area contributed by atoms with Gasteiger partial charge < -0.3 is 10.4 Å². The van der Waals surface area contributed by atoms with Gasteiger partial charge in [-0.3, -0.25) is 14.3 Å². The Morgan fingerprint density at radius 1 is 1.36 bits per heavy atom. The predicted octanol–water partition coefficient (Wildman–Crippen LogP) is 0.920. The molecule has 0 saturated carbocycles. The van der Waals surface area contributed by atoms with E-state index in [1.54, 1.807) is 24.3 Å². The van der Waals surface area contributed by atoms with E-state index in [0.717, 1.165) is 0 Å². The van der Waals surface area contributed by atoms with Gasteiger partial charge in [0.15, 0.2) is 0 Å². The van der Waals surface area contributed by atoms with E-state index in [-0.39, 0.29) is 24.4 Å². The molecule has 2 rings (SSSR count). The van der Waals surface area contributed by atoms with Crippen molar-refractivity contribution in [2.75, 3.05) is 6.54 Å². The first-order chi connectivity index (χ1) is 10.5. The zero-order chi connectivity index (χ0) is 16.1. The Bertz CT molecular complexity index is 709. The summed E-state index contributed by atoms with van der Waals surface area (Å²) in [5.41, 5.74) is 0.451. The fraction of sp³-hybridized carbons (Fsp3) is 0.438. The zero-order valence-electron chi connectivity index (χ0n) is 12.8. The van der Waals surface area contributed by atoms with Gasteiger partial charge in [-0.25, -0.2) is 0 Å². The maximum absolute atomic E-state index is 12.0. The van der Waals surface area contributed by atoms with Gasteiger partial charge in [0.2, 0.25) is 11.3 Å². The molecule has 2 N–H and O–H groups in total. The van der Waals surface area contributed by atoms with E-state index in [2.05, 4.69) is 10.4 Å². The van der Waals surface area contributed by atoms with E-state index in [1.807, 2.05) is 13.8 Å². The van der Waals surface area contributed by atoms with Crippen LogP contribution in [-0.4, -0.2) is 33.4 Å². The molecular formula is C16H21N3O3. The fourth-order valence-electron chi connectivity index (χ4n) is 2.34. The van der Waals surface area contributed by atoms with Crippen LogP contribution in [0.3, 0.4) is 0 Å². The zero-order valence-corrected chi connectivity index (χ0v) is 12.8. The molecule has 2 aromatic rings. The Morgan fingerprint density at radius 2 is 2.09 bits per heavy atom. The van der Waals surface area contributed by atoms with Gasteiger partial charge in [0, 0.05) is 11.9 Å². The van der Waals surface area contributed by atoms with Crippen molar-refractivity contribution in [3.63, 3.8) is 0 Å². The lowest BCUT2D eigenvalue weighted by Crippen LogP contribution is -2.35. The van der Waals surface area contributed by atoms with Gasteiger partial charge in [-0.2, -0.15) is 5.10 Å². The van der Waals surface area contributed by atoms with Crippen molar-refractivity contribution in [3.8, 4) is 0 Å². The van der Waals surface area contributed by atoms with E-state index in [1.165, 1.54) is 10.9 Å². The molecule has 1 aromatic carbocycles. The van der Waals surface area contributed by atoms with Crippen LogP contribution in [0.4, 0.5) is 0 Å². The van der Waals surface area contributed by atoms with Gasteiger partial charge in [0.1, 0.15) is 6.54 Å². The summed E-state index contributed by atoms with van der Waals surface area (Å²) < 4.78 is 1.49. The Morgan fingerprint density at radius 3 is 2.82 bits per heavy atom. The smallest absolute Gasteiger partial charge is 0.241 e. The van der Waals surface area contributed by atoms with Crippen molar-refractivity contribution in [3.05, 3.63) is 40.7 Å². The van der Waals surface area contributed by atoms with Gasteiger partial charge in [-0.05, 0) is 24.5 Å². The summed E-state index contributed by atoms with van der Waals surface area (Å²) >= 11 is 0. The number of fused-ring (bicyclic) bond motifs is 1. The average Bonchev–Trinajstić information content (AvgIpc) is 2.48. The minimum absolute atomic E-state index is 0.00912. The van der Waals surface area contributed by atoms with E-state index < -0.39 is 6.10 Å². The van der Waals surface area contributed by atoms with Crippen molar-refractivity contribution < 1.29 is 9.90 Å². The van der Waals surface area contributed by atoms with Gasteiger partial charge in [0.25, 0.3) is 0 Å². The highest BCUT2D eigenvalue weighted by Crippen LogP contribution is 2.07. The number of para-hydroxylation sites is 1. The first-order valence-corrected chi connectivity index (χ1v) is 7.37. The standard InChI is InChI=1S/C16H21N3O3/c1-11(2)7-12(20)8-17-16(22)10-19-14-6-4-3-5-13(14)15(21)9-18-19/h3-6,9,11-12,20H,7-8,10H2,1-2H3,(H,17,22). The van der Waals surface area contributed by atoms with Crippen LogP contribution in [0.2, 0.25) is 0 Å². The lowest BCUT2D eigenvalue weighted by Gasteiger charge is -2.14. The molecule has 1 amide bonds. The number of hydrogen-bond donors (Lipinski definition) is 2. The minimum atomic E-state index is -0.553. The summed E-state index contributed by atoms with van der Waals surface area (Å²) in [4.78, 5) is 23.7. The maximum atomic E-state index is 12.0. The van der Waals surface area contributed by atoms with Gasteiger partial charge in [0.05, 0.1) is 17.8 Å². The van der Waals surface area contributed by atoms with Crippen molar-refractivity contribution in [1.82, 2.24) is 15.1 Å². The summed E-state index contributed by atoms with van der Waals surface area (Å²) in [6.07, 6.45) is 1.30. The second-order valence-corrected chi connectivity index (χ2v) is 5.77. The van der Waals surface area contributed by atoms with Gasteiger partial charge in [-0.1, -0.05) is 26.0 Å². The second-order valence-electron chi connectivity index (χ2n) is 5.77. The van der Waals surface area contributed by atoms with E-state index in [0.29, 0.717) is 23.2 Å². The minimum Gasteiger partial charge on any atom is -0.391 e. The Hall–Kier alpha value is -2.21. The van der Waals surface area contributed by atoms with Crippen molar-refractivity contribution in [1.29, 1.82) is 0 Å². The van der Waals surface area contributed by atoms with Crippen LogP contribution >= 0.6 is 0 Å². The van der Waals surface area contributed by atoms with Crippen molar-refractivity contribution >= 4 is 16.8 Å². The number of nitrogens with zero attached hydrogens (tertiary/aromatic N) is 2. The van der Waals surface area contributed by atoms with Gasteiger partial charge >= 0.3 is 0 Å². The van der Waals surface area contributed by atoms with E-state index in [9.17, 15) is 14.7 Å². The van der Waals surface area contributed by atoms with Crippen LogP contribution in [0.5, 0.6) is 0 Å². The molecule has 0 fully saturated rings. The van der Waals surface area contributed by atoms with Crippen molar-refractivity contribution in [2.24, 2.45) is 5.92 Å². The van der Waals surface area contributed by atoms with Crippen LogP contribution < -0.4 is 10.7 Å². The summed E-state index contributed by atoms with van der Waals surface area (Å²) in [5.74, 6) is 0.126. The van der Waals surface area contributed by atoms with E-state index >= 15 is 0 Å². The largest absolute Gasteiger partial charge is 0.391 e. The van der Waals surface area contributed by atoms with Crippen LogP contribution in [0, 0.1) is 5.92 Å². The topological polar surface area (TPSA) is 84.2 Å². The number of carbonyl (C=O) groups is 1. The highest BCUT2D eigenvalue weighted by atomic mass is 16.3. The molecule has 22 heavy (non-hydrogen) atoms. The van der Waals surface area contributed by atoms with Crippen molar-refractivity contribution in [2.45, 2.75) is 32.9 Å². The molecule has 0 aliphatic carbocycles. The second kappa shape index (κ2) is 7.17. The number of carbonyl (C=O) groups excluding carboxylic acids is 1. The third-order valence-electron chi connectivity index (χ3n) is 3.33. The summed E-state index contributed by atoms with van der Waals surface area (Å²) in [5, 5.41) is 17.0. The molecule has 1 heterocycles. The molecule has 0 bridgehead atoms. The monoisotopic (exact) mass is 303 g/mol. The SMILES string of the molecule is CC(C)CC(O)CNC(=O)Cn1ncc(=O)c2ccccc21. The molecule has 0 radical (unpaired) electrons. The maximum Gasteiger partial charge on any atom is 0.241 e. The molecular weight excluding hydrogens is 282 g/mol. The van der Waals surface area contributed by atoms with Crippen LogP contribution in [0.15, 0.2) is 35.3 Å². The number of aliphatic hydroxyl groups excluding tert-OH is 1. The molecule has 0 aliphatic rings. The normalized spacial score (nSPS) is 12.5. The summed E-state index contributed by atoms with van der Waals surface area (Å²) in [6, 6.07) is 7.03. The Labute approximate surface area is 128 Å². The molecule has 118 valence electrons. The number of hydrogen-bond acceptors (Lipinski definition) is 4. The molecule has 0 aliphatic heterocycles. The predicted molar refractivity (Wildman–Crippen MR) is 84.5 cm³/mol. The number of benzene rings is 1. The number of nitrogens with one attached hydrogen (secondary N) is 1. The highest BCUT2D eigenvalue weighted by Gasteiger charge is 2.11. The molecule has 6 heteroatoms. The third kappa shape index (κ3) is 4.14. The van der Waals surface area contributed by atoms with Gasteiger partial charge in [-0.15, -0.1) is 0 Å². The van der Waals surface area contributed by atoms with Crippen LogP contribution in [0.25, 0.3) is 10.9 Å². The average molecular weight is 303 g/mol. The lowest BCUT2D eigenvalue weighted by molar-refractivity contribution is -0.122. The summed E-state index contributed by atoms with van der Waals surface area (Å²) in [7, 11) is 0. The molecule has 1 aromatic heterocycles. The highest BCUT2D eigenvalue weighted by molar-refractivity contribution is 5.81. The number of aromatic nitrogens is 2. The first kappa shape index (κ1) is 16.2. The number of rotatable bonds is 6. The summed E-state index contributed by atoms with van der Waals surface area (Å²) in [6.45, 7) is 4.26. The Kier molecular flexibility index (Phi) is 5.27. The molecule has 1 atom stereocenters. The fourth-order valence-corrected chi connectivity index (χ4v) is 2.34. The molecule has 0 saturated heterocycles. The van der Waals surface area contributed by atoms with E-state index in [4.69, 9.17) is 0 Å². The number of amides is 1. The molecule has 1 unspecified atom stereocenters. The Balaban J connectivity index is 2.04. The third-order valence-corrected chi connectivity index (χ3v) is 3.33. The molecule has 6 nitrogen and oxygen atoms in total. The quantitative estimate of drug-likeness (QED) is 0.831. The number of aliphatic hydroxyl groups is 1. The lowest BCUT2D eigenvalue weighted by atomic mass is 10.1. The van der Waals surface area contributed by atoms with Crippen LogP contribution in [-0.2, 0) is 11.3 Å². The van der Waals surface area contributed by atoms with Crippen LogP contribution in [0.1, 0.15) is 20.3 Å². The first-order valence-electron chi connectivity index (χ1n) is 7.37.